The molecule has 1 saturated carbocycles. The van der Waals surface area contributed by atoms with Crippen molar-refractivity contribution in [3.05, 3.63) is 28.2 Å². The lowest BCUT2D eigenvalue weighted by atomic mass is 9.67. The smallest absolute Gasteiger partial charge is 0.133 e. The third-order valence-corrected chi connectivity index (χ3v) is 6.47. The quantitative estimate of drug-likeness (QED) is 0.473. The third-order valence-electron chi connectivity index (χ3n) is 4.68. The van der Waals surface area contributed by atoms with Crippen molar-refractivity contribution in [2.75, 3.05) is 6.61 Å². The highest BCUT2D eigenvalue weighted by Gasteiger charge is 2.37. The van der Waals surface area contributed by atoms with Crippen molar-refractivity contribution in [1.82, 2.24) is 0 Å². The molecule has 0 saturated heterocycles. The minimum Gasteiger partial charge on any atom is -0.492 e. The zero-order valence-corrected chi connectivity index (χ0v) is 16.5. The Kier molecular flexibility index (Phi) is 6.19. The molecule has 0 aromatic heterocycles. The van der Waals surface area contributed by atoms with Crippen LogP contribution in [0, 0.1) is 11.3 Å². The number of rotatable bonds is 5. The molecular formula is C18H26Br2O. The van der Waals surface area contributed by atoms with E-state index < -0.39 is 0 Å². The van der Waals surface area contributed by atoms with Gasteiger partial charge < -0.3 is 4.74 Å². The van der Waals surface area contributed by atoms with Gasteiger partial charge in [-0.05, 0) is 64.2 Å². The van der Waals surface area contributed by atoms with Crippen LogP contribution in [-0.4, -0.2) is 6.61 Å². The summed E-state index contributed by atoms with van der Waals surface area (Å²) in [5.41, 5.74) is 1.77. The predicted molar refractivity (Wildman–Crippen MR) is 97.3 cm³/mol. The number of hydrogen-bond acceptors (Lipinski definition) is 1. The molecule has 0 heterocycles. The average molecular weight is 418 g/mol. The minimum absolute atomic E-state index is 0.413. The molecule has 3 heteroatoms. The highest BCUT2D eigenvalue weighted by atomic mass is 79.9. The SMILES string of the molecule is CCCOc1ccc(C(Br)C2CCCCC2(C)C)cc1Br. The molecule has 1 aromatic rings. The van der Waals surface area contributed by atoms with Gasteiger partial charge in [-0.1, -0.05) is 55.6 Å². The number of ether oxygens (including phenoxy) is 1. The summed E-state index contributed by atoms with van der Waals surface area (Å²) in [5, 5.41) is 0. The average Bonchev–Trinajstić information content (AvgIpc) is 2.45. The summed E-state index contributed by atoms with van der Waals surface area (Å²) in [4.78, 5) is 0.421. The highest BCUT2D eigenvalue weighted by molar-refractivity contribution is 9.10. The molecule has 1 nitrogen and oxygen atoms in total. The van der Waals surface area contributed by atoms with E-state index in [2.05, 4.69) is 70.8 Å². The summed E-state index contributed by atoms with van der Waals surface area (Å²) >= 11 is 7.63. The second-order valence-electron chi connectivity index (χ2n) is 6.78. The summed E-state index contributed by atoms with van der Waals surface area (Å²) in [5.74, 6) is 1.64. The van der Waals surface area contributed by atoms with E-state index in [4.69, 9.17) is 4.74 Å². The maximum atomic E-state index is 5.74. The standard InChI is InChI=1S/C18H26Br2O/c1-4-11-21-16-9-8-13(12-15(16)19)17(20)14-7-5-6-10-18(14,2)3/h8-9,12,14,17H,4-7,10-11H2,1-3H3. The van der Waals surface area contributed by atoms with Crippen LogP contribution < -0.4 is 4.74 Å². The summed E-state index contributed by atoms with van der Waals surface area (Å²) in [7, 11) is 0. The largest absolute Gasteiger partial charge is 0.492 e. The Bertz CT molecular complexity index is 470. The zero-order valence-electron chi connectivity index (χ0n) is 13.3. The molecule has 2 atom stereocenters. The molecule has 1 fully saturated rings. The Morgan fingerprint density at radius 2 is 2.10 bits per heavy atom. The number of halogens is 2. The second kappa shape index (κ2) is 7.50. The van der Waals surface area contributed by atoms with E-state index in [1.54, 1.807) is 0 Å². The molecule has 0 N–H and O–H groups in total. The van der Waals surface area contributed by atoms with Crippen molar-refractivity contribution in [2.45, 2.75) is 57.7 Å². The fraction of sp³-hybridized carbons (Fsp3) is 0.667. The Labute approximate surface area is 146 Å². The molecule has 1 aliphatic carbocycles. The lowest BCUT2D eigenvalue weighted by molar-refractivity contribution is 0.136. The maximum absolute atomic E-state index is 5.74. The molecule has 2 unspecified atom stereocenters. The lowest BCUT2D eigenvalue weighted by Crippen LogP contribution is -2.30. The summed E-state index contributed by atoms with van der Waals surface area (Å²) in [6.07, 6.45) is 6.41. The highest BCUT2D eigenvalue weighted by Crippen LogP contribution is 2.50. The van der Waals surface area contributed by atoms with Gasteiger partial charge in [-0.3, -0.25) is 0 Å². The normalized spacial score (nSPS) is 22.8. The topological polar surface area (TPSA) is 9.23 Å². The summed E-state index contributed by atoms with van der Waals surface area (Å²) < 4.78 is 6.81. The van der Waals surface area contributed by atoms with Crippen LogP contribution in [0.4, 0.5) is 0 Å². The van der Waals surface area contributed by atoms with E-state index in [1.807, 2.05) is 0 Å². The first kappa shape index (κ1) is 17.3. The van der Waals surface area contributed by atoms with Crippen LogP contribution in [0.25, 0.3) is 0 Å². The van der Waals surface area contributed by atoms with Crippen molar-refractivity contribution in [3.63, 3.8) is 0 Å². The van der Waals surface area contributed by atoms with Gasteiger partial charge in [0.05, 0.1) is 11.1 Å². The molecule has 0 radical (unpaired) electrons. The second-order valence-corrected chi connectivity index (χ2v) is 8.62. The van der Waals surface area contributed by atoms with Gasteiger partial charge in [0.15, 0.2) is 0 Å². The lowest BCUT2D eigenvalue weighted by Gasteiger charge is -2.41. The first-order valence-electron chi connectivity index (χ1n) is 8.02. The van der Waals surface area contributed by atoms with Crippen LogP contribution in [0.3, 0.4) is 0 Å². The van der Waals surface area contributed by atoms with Crippen molar-refractivity contribution in [1.29, 1.82) is 0 Å². The molecule has 1 aliphatic rings. The molecular weight excluding hydrogens is 392 g/mol. The predicted octanol–water partition coefficient (Wildman–Crippen LogP) is 6.89. The van der Waals surface area contributed by atoms with Crippen molar-refractivity contribution in [3.8, 4) is 5.75 Å². The minimum atomic E-state index is 0.413. The third kappa shape index (κ3) is 4.25. The summed E-state index contributed by atoms with van der Waals surface area (Å²) in [6.45, 7) is 7.73. The fourth-order valence-electron chi connectivity index (χ4n) is 3.31. The van der Waals surface area contributed by atoms with Crippen molar-refractivity contribution in [2.24, 2.45) is 11.3 Å². The van der Waals surface area contributed by atoms with Gasteiger partial charge in [-0.15, -0.1) is 0 Å². The maximum Gasteiger partial charge on any atom is 0.133 e. The molecule has 118 valence electrons. The molecule has 2 rings (SSSR count). The number of alkyl halides is 1. The van der Waals surface area contributed by atoms with E-state index in [1.165, 1.54) is 31.2 Å². The Morgan fingerprint density at radius 3 is 2.71 bits per heavy atom. The van der Waals surface area contributed by atoms with E-state index >= 15 is 0 Å². The van der Waals surface area contributed by atoms with Crippen molar-refractivity contribution < 1.29 is 4.74 Å². The van der Waals surface area contributed by atoms with Crippen LogP contribution in [-0.2, 0) is 0 Å². The number of benzene rings is 1. The van der Waals surface area contributed by atoms with Crippen LogP contribution in [0.1, 0.15) is 63.3 Å². The molecule has 21 heavy (non-hydrogen) atoms. The van der Waals surface area contributed by atoms with Gasteiger partial charge in [0.2, 0.25) is 0 Å². The van der Waals surface area contributed by atoms with E-state index in [0.717, 1.165) is 23.2 Å². The van der Waals surface area contributed by atoms with Crippen LogP contribution in [0.15, 0.2) is 22.7 Å². The Hall–Kier alpha value is -0.0200. The van der Waals surface area contributed by atoms with Gasteiger partial charge >= 0.3 is 0 Å². The fourth-order valence-corrected chi connectivity index (χ4v) is 5.09. The van der Waals surface area contributed by atoms with Crippen LogP contribution >= 0.6 is 31.9 Å². The van der Waals surface area contributed by atoms with Gasteiger partial charge in [-0.2, -0.15) is 0 Å². The first-order chi connectivity index (χ1) is 9.95. The van der Waals surface area contributed by atoms with Gasteiger partial charge in [0.1, 0.15) is 5.75 Å². The van der Waals surface area contributed by atoms with Crippen LogP contribution in [0.5, 0.6) is 5.75 Å². The summed E-state index contributed by atoms with van der Waals surface area (Å²) in [6, 6.07) is 6.52. The molecule has 0 bridgehead atoms. The van der Waals surface area contributed by atoms with E-state index in [0.29, 0.717) is 16.2 Å². The molecule has 1 aromatic carbocycles. The van der Waals surface area contributed by atoms with E-state index in [-0.39, 0.29) is 0 Å². The van der Waals surface area contributed by atoms with Gasteiger partial charge in [-0.25, -0.2) is 0 Å². The first-order valence-corrected chi connectivity index (χ1v) is 9.73. The van der Waals surface area contributed by atoms with E-state index in [9.17, 15) is 0 Å². The zero-order chi connectivity index (χ0) is 15.5. The Morgan fingerprint density at radius 1 is 1.33 bits per heavy atom. The Balaban J connectivity index is 2.15. The van der Waals surface area contributed by atoms with Gasteiger partial charge in [0, 0.05) is 4.83 Å². The molecule has 0 amide bonds. The number of hydrogen-bond donors (Lipinski definition) is 0. The van der Waals surface area contributed by atoms with Crippen molar-refractivity contribution >= 4 is 31.9 Å². The molecule has 0 aliphatic heterocycles. The monoisotopic (exact) mass is 416 g/mol. The van der Waals surface area contributed by atoms with Crippen LogP contribution in [0.2, 0.25) is 0 Å². The molecule has 0 spiro atoms. The van der Waals surface area contributed by atoms with Gasteiger partial charge in [0.25, 0.3) is 0 Å².